The smallest absolute Gasteiger partial charge is 0.339 e. The molecule has 1 aliphatic heterocycles. The lowest BCUT2D eigenvalue weighted by Gasteiger charge is -2.18. The Morgan fingerprint density at radius 3 is 2.62 bits per heavy atom. The van der Waals surface area contributed by atoms with E-state index in [2.05, 4.69) is 10.1 Å². The molecule has 1 amide bonds. The third kappa shape index (κ3) is 5.35. The fraction of sp³-hybridized carbons (Fsp3) is 0.190. The number of carbonyl (C=O) groups excluding carboxylic acids is 3. The Labute approximate surface area is 167 Å². The molecule has 0 unspecified atom stereocenters. The highest BCUT2D eigenvalue weighted by molar-refractivity contribution is 6.02. The zero-order valence-electron chi connectivity index (χ0n) is 15.7. The SMILES string of the molecule is COC(=O)c1ccccc1NC(=O)COC(=O)/C=C/c1ccc2c(c1)OCCO2. The first-order valence-corrected chi connectivity index (χ1v) is 8.78. The van der Waals surface area contributed by atoms with Crippen LogP contribution in [0.25, 0.3) is 6.08 Å². The van der Waals surface area contributed by atoms with Crippen molar-refractivity contribution in [3.05, 3.63) is 59.7 Å². The molecule has 29 heavy (non-hydrogen) atoms. The highest BCUT2D eigenvalue weighted by atomic mass is 16.6. The minimum absolute atomic E-state index is 0.202. The van der Waals surface area contributed by atoms with Gasteiger partial charge in [-0.15, -0.1) is 0 Å². The number of ether oxygens (including phenoxy) is 4. The quantitative estimate of drug-likeness (QED) is 0.590. The molecular formula is C21H19NO7. The fourth-order valence-corrected chi connectivity index (χ4v) is 2.58. The molecule has 0 saturated heterocycles. The summed E-state index contributed by atoms with van der Waals surface area (Å²) in [5, 5.41) is 2.52. The summed E-state index contributed by atoms with van der Waals surface area (Å²) in [5.41, 5.74) is 1.20. The number of hydrogen-bond donors (Lipinski definition) is 1. The summed E-state index contributed by atoms with van der Waals surface area (Å²) in [4.78, 5) is 35.6. The maximum absolute atomic E-state index is 12.0. The number of para-hydroxylation sites is 1. The highest BCUT2D eigenvalue weighted by Crippen LogP contribution is 2.31. The van der Waals surface area contributed by atoms with Gasteiger partial charge in [0.1, 0.15) is 13.2 Å². The van der Waals surface area contributed by atoms with Gasteiger partial charge < -0.3 is 24.3 Å². The molecule has 0 bridgehead atoms. The topological polar surface area (TPSA) is 100 Å². The van der Waals surface area contributed by atoms with Crippen LogP contribution >= 0.6 is 0 Å². The van der Waals surface area contributed by atoms with Crippen molar-refractivity contribution in [2.75, 3.05) is 32.2 Å². The van der Waals surface area contributed by atoms with Gasteiger partial charge >= 0.3 is 11.9 Å². The molecule has 2 aromatic rings. The van der Waals surface area contributed by atoms with Crippen molar-refractivity contribution in [3.8, 4) is 11.5 Å². The van der Waals surface area contributed by atoms with E-state index in [0.717, 1.165) is 5.56 Å². The van der Waals surface area contributed by atoms with Crippen LogP contribution in [0.2, 0.25) is 0 Å². The minimum atomic E-state index is -0.684. The van der Waals surface area contributed by atoms with Gasteiger partial charge in [-0.3, -0.25) is 4.79 Å². The van der Waals surface area contributed by atoms with Crippen molar-refractivity contribution in [2.45, 2.75) is 0 Å². The van der Waals surface area contributed by atoms with Crippen LogP contribution in [0.4, 0.5) is 5.69 Å². The maximum atomic E-state index is 12.0. The lowest BCUT2D eigenvalue weighted by atomic mass is 10.2. The summed E-state index contributed by atoms with van der Waals surface area (Å²) in [6, 6.07) is 11.6. The monoisotopic (exact) mass is 397 g/mol. The first kappa shape index (κ1) is 19.9. The number of anilines is 1. The van der Waals surface area contributed by atoms with Crippen LogP contribution < -0.4 is 14.8 Å². The molecule has 0 saturated carbocycles. The molecule has 8 nitrogen and oxygen atoms in total. The molecular weight excluding hydrogens is 378 g/mol. The van der Waals surface area contributed by atoms with Gasteiger partial charge in [0.2, 0.25) is 0 Å². The molecule has 1 aliphatic rings. The van der Waals surface area contributed by atoms with Gasteiger partial charge in [0.25, 0.3) is 5.91 Å². The van der Waals surface area contributed by atoms with Crippen LogP contribution in [0.1, 0.15) is 15.9 Å². The van der Waals surface area contributed by atoms with E-state index in [9.17, 15) is 14.4 Å². The number of fused-ring (bicyclic) bond motifs is 1. The van der Waals surface area contributed by atoms with Crippen LogP contribution in [0.3, 0.4) is 0 Å². The number of benzene rings is 2. The van der Waals surface area contributed by atoms with Crippen LogP contribution in [0.15, 0.2) is 48.5 Å². The largest absolute Gasteiger partial charge is 0.486 e. The van der Waals surface area contributed by atoms with Gasteiger partial charge in [0.15, 0.2) is 18.1 Å². The van der Waals surface area contributed by atoms with E-state index in [0.29, 0.717) is 24.7 Å². The van der Waals surface area contributed by atoms with E-state index in [4.69, 9.17) is 14.2 Å². The van der Waals surface area contributed by atoms with Gasteiger partial charge in [-0.05, 0) is 35.9 Å². The molecule has 150 valence electrons. The fourth-order valence-electron chi connectivity index (χ4n) is 2.58. The summed E-state index contributed by atoms with van der Waals surface area (Å²) in [6.45, 7) is 0.469. The molecule has 1 heterocycles. The van der Waals surface area contributed by atoms with Crippen molar-refractivity contribution in [2.24, 2.45) is 0 Å². The van der Waals surface area contributed by atoms with Crippen molar-refractivity contribution in [1.82, 2.24) is 0 Å². The van der Waals surface area contributed by atoms with Gasteiger partial charge in [0, 0.05) is 6.08 Å². The number of nitrogens with one attached hydrogen (secondary N) is 1. The number of hydrogen-bond acceptors (Lipinski definition) is 7. The number of amides is 1. The summed E-state index contributed by atoms with van der Waals surface area (Å²) in [5.74, 6) is -0.589. The van der Waals surface area contributed by atoms with Crippen molar-refractivity contribution < 1.29 is 33.3 Å². The average molecular weight is 397 g/mol. The van der Waals surface area contributed by atoms with Gasteiger partial charge in [0.05, 0.1) is 18.4 Å². The Morgan fingerprint density at radius 2 is 1.83 bits per heavy atom. The minimum Gasteiger partial charge on any atom is -0.486 e. The van der Waals surface area contributed by atoms with Gasteiger partial charge in [-0.25, -0.2) is 9.59 Å². The van der Waals surface area contributed by atoms with E-state index in [1.54, 1.807) is 42.5 Å². The molecule has 0 atom stereocenters. The van der Waals surface area contributed by atoms with Crippen molar-refractivity contribution in [1.29, 1.82) is 0 Å². The van der Waals surface area contributed by atoms with E-state index >= 15 is 0 Å². The predicted octanol–water partition coefficient (Wildman–Crippen LogP) is 2.44. The van der Waals surface area contributed by atoms with E-state index in [-0.39, 0.29) is 11.3 Å². The van der Waals surface area contributed by atoms with E-state index < -0.39 is 24.5 Å². The second-order valence-electron chi connectivity index (χ2n) is 5.93. The Balaban J connectivity index is 1.52. The van der Waals surface area contributed by atoms with Gasteiger partial charge in [-0.1, -0.05) is 18.2 Å². The molecule has 0 aliphatic carbocycles. The van der Waals surface area contributed by atoms with E-state index in [1.165, 1.54) is 19.3 Å². The van der Waals surface area contributed by atoms with Gasteiger partial charge in [-0.2, -0.15) is 0 Å². The lowest BCUT2D eigenvalue weighted by Crippen LogP contribution is -2.21. The maximum Gasteiger partial charge on any atom is 0.339 e. The third-order valence-corrected chi connectivity index (χ3v) is 3.93. The highest BCUT2D eigenvalue weighted by Gasteiger charge is 2.14. The van der Waals surface area contributed by atoms with E-state index in [1.807, 2.05) is 0 Å². The third-order valence-electron chi connectivity index (χ3n) is 3.93. The molecule has 0 radical (unpaired) electrons. The molecule has 0 aromatic heterocycles. The summed E-state index contributed by atoms with van der Waals surface area (Å²) < 4.78 is 20.5. The van der Waals surface area contributed by atoms with Crippen LogP contribution in [-0.2, 0) is 19.1 Å². The Morgan fingerprint density at radius 1 is 1.07 bits per heavy atom. The predicted molar refractivity (Wildman–Crippen MR) is 104 cm³/mol. The summed E-state index contributed by atoms with van der Waals surface area (Å²) in [6.07, 6.45) is 2.76. The normalized spacial score (nSPS) is 12.3. The zero-order chi connectivity index (χ0) is 20.6. The first-order chi connectivity index (χ1) is 14.1. The second kappa shape index (κ2) is 9.41. The standard InChI is InChI=1S/C21H19NO7/c1-26-21(25)15-4-2-3-5-16(15)22-19(23)13-29-20(24)9-7-14-6-8-17-18(12-14)28-11-10-27-17/h2-9,12H,10-11,13H2,1H3,(H,22,23)/b9-7+. The molecule has 2 aromatic carbocycles. The number of rotatable bonds is 6. The zero-order valence-corrected chi connectivity index (χ0v) is 15.7. The van der Waals surface area contributed by atoms with Crippen molar-refractivity contribution >= 4 is 29.6 Å². The summed E-state index contributed by atoms with van der Waals surface area (Å²) >= 11 is 0. The molecule has 0 fully saturated rings. The molecule has 3 rings (SSSR count). The Hall–Kier alpha value is -3.81. The lowest BCUT2D eigenvalue weighted by molar-refractivity contribution is -0.142. The molecule has 8 heteroatoms. The second-order valence-corrected chi connectivity index (χ2v) is 5.93. The first-order valence-electron chi connectivity index (χ1n) is 8.78. The molecule has 0 spiro atoms. The molecule has 1 N–H and O–H groups in total. The summed E-state index contributed by atoms with van der Waals surface area (Å²) in [7, 11) is 1.25. The number of methoxy groups -OCH3 is 1. The van der Waals surface area contributed by atoms with Crippen LogP contribution in [-0.4, -0.2) is 44.8 Å². The van der Waals surface area contributed by atoms with Crippen molar-refractivity contribution in [3.63, 3.8) is 0 Å². The number of carbonyl (C=O) groups is 3. The average Bonchev–Trinajstić information content (AvgIpc) is 2.76. The van der Waals surface area contributed by atoms with Crippen LogP contribution in [0, 0.1) is 0 Å². The van der Waals surface area contributed by atoms with Crippen LogP contribution in [0.5, 0.6) is 11.5 Å². The number of esters is 2. The Kier molecular flexibility index (Phi) is 6.47. The Bertz CT molecular complexity index is 952.